The first kappa shape index (κ1) is 16.1. The molecule has 6 heteroatoms. The summed E-state index contributed by atoms with van der Waals surface area (Å²) in [6.07, 6.45) is 0.130. The molecule has 4 rings (SSSR count). The minimum absolute atomic E-state index is 0.216. The molecule has 24 heavy (non-hydrogen) atoms. The second-order valence-electron chi connectivity index (χ2n) is 6.68. The predicted molar refractivity (Wildman–Crippen MR) is 89.7 cm³/mol. The fourth-order valence-corrected chi connectivity index (χ4v) is 4.83. The molecule has 0 saturated carbocycles. The van der Waals surface area contributed by atoms with Crippen molar-refractivity contribution >= 4 is 11.3 Å². The number of ether oxygens (including phenoxy) is 1. The third kappa shape index (κ3) is 2.88. The Balaban J connectivity index is 1.45. The van der Waals surface area contributed by atoms with Gasteiger partial charge in [-0.05, 0) is 43.2 Å². The molecule has 0 bridgehead atoms. The largest absolute Gasteiger partial charge is 0.370 e. The highest BCUT2D eigenvalue weighted by atomic mass is 32.1. The lowest BCUT2D eigenvalue weighted by Gasteiger charge is -2.38. The van der Waals surface area contributed by atoms with Crippen molar-refractivity contribution < 1.29 is 13.5 Å². The van der Waals surface area contributed by atoms with Crippen LogP contribution in [-0.2, 0) is 17.8 Å². The topological polar surface area (TPSA) is 38.5 Å². The van der Waals surface area contributed by atoms with E-state index in [0.29, 0.717) is 13.0 Å². The maximum Gasteiger partial charge on any atom is 0.129 e. The molecule has 2 aliphatic heterocycles. The van der Waals surface area contributed by atoms with Crippen molar-refractivity contribution in [1.82, 2.24) is 4.90 Å². The third-order valence-corrected chi connectivity index (χ3v) is 6.00. The van der Waals surface area contributed by atoms with Gasteiger partial charge in [0.05, 0.1) is 6.61 Å². The fraction of sp³-hybridized carbons (Fsp3) is 0.444. The molecule has 0 radical (unpaired) electrons. The van der Waals surface area contributed by atoms with E-state index in [1.54, 1.807) is 0 Å². The molecular weight excluding hydrogens is 330 g/mol. The van der Waals surface area contributed by atoms with Gasteiger partial charge in [-0.25, -0.2) is 8.78 Å². The van der Waals surface area contributed by atoms with Gasteiger partial charge in [-0.3, -0.25) is 4.90 Å². The molecule has 3 nitrogen and oxygen atoms in total. The van der Waals surface area contributed by atoms with Gasteiger partial charge in [0.1, 0.15) is 17.7 Å². The highest BCUT2D eigenvalue weighted by molar-refractivity contribution is 7.12. The smallest absolute Gasteiger partial charge is 0.129 e. The SMILES string of the molecule is Cc1cc2c(s1)CN([C@H]1CO[C@H](c3cc(F)ccc3F)[C@@H](N)C1)C2. The molecule has 1 saturated heterocycles. The molecule has 1 aromatic heterocycles. The number of halogens is 2. The van der Waals surface area contributed by atoms with E-state index < -0.39 is 17.7 Å². The maximum atomic E-state index is 14.0. The van der Waals surface area contributed by atoms with Gasteiger partial charge in [0.2, 0.25) is 0 Å². The highest BCUT2D eigenvalue weighted by Crippen LogP contribution is 2.36. The standard InChI is InChI=1S/C18H20F2N2OS/c1-10-4-11-7-22(8-17(11)24-10)13-6-16(21)18(23-9-13)14-5-12(19)2-3-15(14)20/h2-5,13,16,18H,6-9,21H2,1H3/t13-,16+,18-/m1/s1. The third-order valence-electron chi connectivity index (χ3n) is 4.92. The summed E-state index contributed by atoms with van der Waals surface area (Å²) < 4.78 is 33.3. The molecule has 0 unspecified atom stereocenters. The Labute approximate surface area is 144 Å². The monoisotopic (exact) mass is 350 g/mol. The number of nitrogens with two attached hydrogens (primary N) is 1. The van der Waals surface area contributed by atoms with Crippen LogP contribution in [0, 0.1) is 18.6 Å². The van der Waals surface area contributed by atoms with Gasteiger partial charge in [0.15, 0.2) is 0 Å². The summed E-state index contributed by atoms with van der Waals surface area (Å²) >= 11 is 1.84. The lowest BCUT2D eigenvalue weighted by atomic mass is 9.93. The summed E-state index contributed by atoms with van der Waals surface area (Å²) in [6.45, 7) is 4.46. The van der Waals surface area contributed by atoms with Crippen molar-refractivity contribution in [2.24, 2.45) is 5.73 Å². The highest BCUT2D eigenvalue weighted by Gasteiger charge is 2.36. The first-order chi connectivity index (χ1) is 11.5. The minimum atomic E-state index is -0.587. The molecule has 3 atom stereocenters. The first-order valence-corrected chi connectivity index (χ1v) is 8.97. The Hall–Kier alpha value is -1.34. The van der Waals surface area contributed by atoms with Crippen LogP contribution < -0.4 is 5.73 Å². The van der Waals surface area contributed by atoms with Gasteiger partial charge in [-0.2, -0.15) is 0 Å². The summed E-state index contributed by atoms with van der Waals surface area (Å²) in [5, 5.41) is 0. The molecule has 128 valence electrons. The van der Waals surface area contributed by atoms with E-state index in [4.69, 9.17) is 10.5 Å². The molecule has 2 N–H and O–H groups in total. The molecule has 0 spiro atoms. The van der Waals surface area contributed by atoms with Crippen LogP contribution in [0.1, 0.15) is 33.4 Å². The molecule has 2 aliphatic rings. The zero-order chi connectivity index (χ0) is 16.8. The molecule has 1 aromatic carbocycles. The normalized spacial score (nSPS) is 27.4. The molecule has 3 heterocycles. The van der Waals surface area contributed by atoms with Crippen LogP contribution in [0.5, 0.6) is 0 Å². The molecular formula is C18H20F2N2OS. The minimum Gasteiger partial charge on any atom is -0.370 e. The molecule has 0 aliphatic carbocycles. The van der Waals surface area contributed by atoms with Crippen molar-refractivity contribution in [3.8, 4) is 0 Å². The van der Waals surface area contributed by atoms with Crippen LogP contribution in [-0.4, -0.2) is 23.6 Å². The van der Waals surface area contributed by atoms with E-state index in [0.717, 1.165) is 25.2 Å². The molecule has 2 aromatic rings. The number of aryl methyl sites for hydroxylation is 1. The van der Waals surface area contributed by atoms with Gasteiger partial charge >= 0.3 is 0 Å². The second-order valence-corrected chi connectivity index (χ2v) is 8.02. The van der Waals surface area contributed by atoms with E-state index >= 15 is 0 Å². The van der Waals surface area contributed by atoms with Crippen LogP contribution in [0.3, 0.4) is 0 Å². The van der Waals surface area contributed by atoms with E-state index in [-0.39, 0.29) is 17.6 Å². The van der Waals surface area contributed by atoms with Crippen molar-refractivity contribution in [1.29, 1.82) is 0 Å². The van der Waals surface area contributed by atoms with Gasteiger partial charge in [-0.1, -0.05) is 0 Å². The average Bonchev–Trinajstić information content (AvgIpc) is 3.07. The van der Waals surface area contributed by atoms with Crippen molar-refractivity contribution in [2.45, 2.75) is 44.6 Å². The van der Waals surface area contributed by atoms with E-state index in [1.165, 1.54) is 21.4 Å². The maximum absolute atomic E-state index is 14.0. The summed E-state index contributed by atoms with van der Waals surface area (Å²) in [7, 11) is 0. The summed E-state index contributed by atoms with van der Waals surface area (Å²) in [6, 6.07) is 5.55. The quantitative estimate of drug-likeness (QED) is 0.901. The Kier molecular flexibility index (Phi) is 4.16. The zero-order valence-corrected chi connectivity index (χ0v) is 14.3. The van der Waals surface area contributed by atoms with Crippen molar-refractivity contribution in [2.75, 3.05) is 6.61 Å². The second kappa shape index (κ2) is 6.19. The van der Waals surface area contributed by atoms with Crippen LogP contribution in [0.15, 0.2) is 24.3 Å². The number of thiophene rings is 1. The lowest BCUT2D eigenvalue weighted by Crippen LogP contribution is -2.47. The van der Waals surface area contributed by atoms with Crippen molar-refractivity contribution in [3.05, 3.63) is 56.8 Å². The van der Waals surface area contributed by atoms with Gasteiger partial charge in [0, 0.05) is 40.5 Å². The van der Waals surface area contributed by atoms with Gasteiger partial charge in [-0.15, -0.1) is 11.3 Å². The van der Waals surface area contributed by atoms with Crippen LogP contribution >= 0.6 is 11.3 Å². The summed E-state index contributed by atoms with van der Waals surface area (Å²) in [4.78, 5) is 5.13. The predicted octanol–water partition coefficient (Wildman–Crippen LogP) is 3.51. The first-order valence-electron chi connectivity index (χ1n) is 8.15. The Morgan fingerprint density at radius 3 is 2.83 bits per heavy atom. The van der Waals surface area contributed by atoms with E-state index in [2.05, 4.69) is 17.9 Å². The number of hydrogen-bond donors (Lipinski definition) is 1. The number of hydrogen-bond acceptors (Lipinski definition) is 4. The zero-order valence-electron chi connectivity index (χ0n) is 13.5. The van der Waals surface area contributed by atoms with E-state index in [1.807, 2.05) is 11.3 Å². The Morgan fingerprint density at radius 2 is 2.08 bits per heavy atom. The number of fused-ring (bicyclic) bond motifs is 1. The number of nitrogens with zero attached hydrogens (tertiary/aromatic N) is 1. The fourth-order valence-electron chi connectivity index (χ4n) is 3.75. The lowest BCUT2D eigenvalue weighted by molar-refractivity contribution is -0.0530. The average molecular weight is 350 g/mol. The Morgan fingerprint density at radius 1 is 1.25 bits per heavy atom. The summed E-state index contributed by atoms with van der Waals surface area (Å²) in [5.74, 6) is -0.933. The number of benzene rings is 1. The van der Waals surface area contributed by atoms with Crippen LogP contribution in [0.4, 0.5) is 8.78 Å². The molecule has 1 fully saturated rings. The number of rotatable bonds is 2. The molecule has 0 amide bonds. The van der Waals surface area contributed by atoms with Gasteiger partial charge < -0.3 is 10.5 Å². The summed E-state index contributed by atoms with van der Waals surface area (Å²) in [5.41, 5.74) is 7.87. The van der Waals surface area contributed by atoms with Crippen LogP contribution in [0.2, 0.25) is 0 Å². The van der Waals surface area contributed by atoms with Gasteiger partial charge in [0.25, 0.3) is 0 Å². The Bertz CT molecular complexity index is 740. The van der Waals surface area contributed by atoms with E-state index in [9.17, 15) is 8.78 Å². The van der Waals surface area contributed by atoms with Crippen LogP contribution in [0.25, 0.3) is 0 Å². The van der Waals surface area contributed by atoms with Crippen molar-refractivity contribution in [3.63, 3.8) is 0 Å².